The quantitative estimate of drug-likeness (QED) is 0.129. The van der Waals surface area contributed by atoms with Gasteiger partial charge in [-0.25, -0.2) is 4.79 Å². The summed E-state index contributed by atoms with van der Waals surface area (Å²) in [5.74, 6) is 0.970. The Hall–Kier alpha value is -3.97. The second-order valence-corrected chi connectivity index (χ2v) is 12.3. The van der Waals surface area contributed by atoms with Crippen LogP contribution < -0.4 is 10.1 Å². The van der Waals surface area contributed by atoms with Crippen molar-refractivity contribution >= 4 is 58.2 Å². The van der Waals surface area contributed by atoms with Crippen LogP contribution in [0, 0.1) is 0 Å². The van der Waals surface area contributed by atoms with Crippen LogP contribution >= 0.6 is 46.3 Å². The lowest BCUT2D eigenvalue weighted by molar-refractivity contribution is -0.139. The van der Waals surface area contributed by atoms with Crippen LogP contribution in [0.5, 0.6) is 5.75 Å². The maximum atomic E-state index is 13.4. The molecule has 10 nitrogen and oxygen atoms in total. The number of benzene rings is 3. The van der Waals surface area contributed by atoms with Crippen LogP contribution in [-0.4, -0.2) is 48.7 Å². The van der Waals surface area contributed by atoms with Gasteiger partial charge in [-0.2, -0.15) is 4.68 Å². The first-order valence-electron chi connectivity index (χ1n) is 13.1. The van der Waals surface area contributed by atoms with E-state index in [0.29, 0.717) is 38.8 Å². The molecule has 0 bridgehead atoms. The molecule has 0 aliphatic carbocycles. The van der Waals surface area contributed by atoms with Gasteiger partial charge < -0.3 is 14.8 Å². The Bertz CT molecular complexity index is 1780. The van der Waals surface area contributed by atoms with Crippen molar-refractivity contribution in [3.63, 3.8) is 0 Å². The SMILES string of the molecule is CCOC(=O)C1=C(CSc2nnc(-c3ccccc3)s2)Nc2nnnn2C1c1ccc(OCc2ccc(Cl)cc2Cl)cc1. The second-order valence-electron chi connectivity index (χ2n) is 9.21. The van der Waals surface area contributed by atoms with Crippen LogP contribution in [0.15, 0.2) is 88.4 Å². The fourth-order valence-electron chi connectivity index (χ4n) is 4.45. The van der Waals surface area contributed by atoms with Crippen molar-refractivity contribution in [1.82, 2.24) is 30.4 Å². The summed E-state index contributed by atoms with van der Waals surface area (Å²) in [4.78, 5) is 13.4. The van der Waals surface area contributed by atoms with Crippen LogP contribution in [-0.2, 0) is 16.1 Å². The van der Waals surface area contributed by atoms with Crippen molar-refractivity contribution in [2.24, 2.45) is 0 Å². The molecule has 6 rings (SSSR count). The van der Waals surface area contributed by atoms with Gasteiger partial charge in [0.05, 0.1) is 12.2 Å². The van der Waals surface area contributed by atoms with Gasteiger partial charge in [-0.1, -0.05) is 99.9 Å². The maximum Gasteiger partial charge on any atom is 0.338 e. The van der Waals surface area contributed by atoms with Gasteiger partial charge in [0.1, 0.15) is 23.4 Å². The van der Waals surface area contributed by atoms with Crippen LogP contribution in [0.4, 0.5) is 5.95 Å². The number of carbonyl (C=O) groups excluding carboxylic acids is 1. The van der Waals surface area contributed by atoms with E-state index in [1.165, 1.54) is 23.1 Å². The summed E-state index contributed by atoms with van der Waals surface area (Å²) in [5, 5.41) is 26.0. The van der Waals surface area contributed by atoms with Crippen molar-refractivity contribution in [3.8, 4) is 16.3 Å². The zero-order chi connectivity index (χ0) is 29.8. The Morgan fingerprint density at radius 1 is 1.05 bits per heavy atom. The summed E-state index contributed by atoms with van der Waals surface area (Å²) in [6, 6.07) is 21.9. The van der Waals surface area contributed by atoms with Gasteiger partial charge in [-0.05, 0) is 47.2 Å². The molecule has 3 aromatic carbocycles. The smallest absolute Gasteiger partial charge is 0.338 e. The highest BCUT2D eigenvalue weighted by Crippen LogP contribution is 2.38. The van der Waals surface area contributed by atoms with E-state index in [4.69, 9.17) is 32.7 Å². The van der Waals surface area contributed by atoms with E-state index in [2.05, 4.69) is 31.0 Å². The number of nitrogens with zero attached hydrogens (tertiary/aromatic N) is 6. The lowest BCUT2D eigenvalue weighted by Gasteiger charge is -2.28. The topological polar surface area (TPSA) is 117 Å². The highest BCUT2D eigenvalue weighted by molar-refractivity contribution is 8.01. The molecule has 218 valence electrons. The summed E-state index contributed by atoms with van der Waals surface area (Å²) in [7, 11) is 0. The minimum absolute atomic E-state index is 0.217. The number of thioether (sulfide) groups is 1. The molecule has 0 fully saturated rings. The normalized spacial score (nSPS) is 14.3. The van der Waals surface area contributed by atoms with E-state index >= 15 is 0 Å². The zero-order valence-electron chi connectivity index (χ0n) is 22.6. The van der Waals surface area contributed by atoms with E-state index < -0.39 is 12.0 Å². The number of rotatable bonds is 10. The number of nitrogens with one attached hydrogen (secondary N) is 1. The molecule has 1 aliphatic rings. The largest absolute Gasteiger partial charge is 0.489 e. The summed E-state index contributed by atoms with van der Waals surface area (Å²) in [6.07, 6.45) is 0. The predicted octanol–water partition coefficient (Wildman–Crippen LogP) is 6.70. The average molecular weight is 653 g/mol. The monoisotopic (exact) mass is 651 g/mol. The Balaban J connectivity index is 1.26. The number of fused-ring (bicyclic) bond motifs is 1. The molecule has 0 spiro atoms. The number of aromatic nitrogens is 6. The fraction of sp³-hybridized carbons (Fsp3) is 0.172. The van der Waals surface area contributed by atoms with E-state index in [1.54, 1.807) is 23.7 Å². The predicted molar refractivity (Wildman–Crippen MR) is 167 cm³/mol. The van der Waals surface area contributed by atoms with Gasteiger partial charge in [0, 0.05) is 32.6 Å². The van der Waals surface area contributed by atoms with Crippen molar-refractivity contribution in [2.75, 3.05) is 17.7 Å². The van der Waals surface area contributed by atoms with E-state index in [9.17, 15) is 4.79 Å². The number of hydrogen-bond donors (Lipinski definition) is 1. The van der Waals surface area contributed by atoms with Crippen molar-refractivity contribution in [2.45, 2.75) is 23.9 Å². The summed E-state index contributed by atoms with van der Waals surface area (Å²) >= 11 is 15.2. The minimum Gasteiger partial charge on any atom is -0.489 e. The Kier molecular flexibility index (Phi) is 8.89. The van der Waals surface area contributed by atoms with E-state index in [1.807, 2.05) is 60.7 Å². The molecule has 43 heavy (non-hydrogen) atoms. The van der Waals surface area contributed by atoms with Gasteiger partial charge in [-0.15, -0.1) is 10.2 Å². The minimum atomic E-state index is -0.630. The zero-order valence-corrected chi connectivity index (χ0v) is 25.8. The molecule has 0 radical (unpaired) electrons. The molecular weight excluding hydrogens is 629 g/mol. The van der Waals surface area contributed by atoms with Gasteiger partial charge in [0.15, 0.2) is 4.34 Å². The molecule has 2 aromatic heterocycles. The lowest BCUT2D eigenvalue weighted by Crippen LogP contribution is -2.31. The molecule has 1 unspecified atom stereocenters. The molecule has 1 N–H and O–H groups in total. The van der Waals surface area contributed by atoms with Crippen LogP contribution in [0.25, 0.3) is 10.6 Å². The molecule has 14 heteroatoms. The van der Waals surface area contributed by atoms with E-state index in [-0.39, 0.29) is 13.2 Å². The Labute approximate surface area is 265 Å². The third-order valence-electron chi connectivity index (χ3n) is 6.47. The van der Waals surface area contributed by atoms with Crippen LogP contribution in [0.3, 0.4) is 0 Å². The number of halogens is 2. The van der Waals surface area contributed by atoms with Gasteiger partial charge in [0.2, 0.25) is 5.95 Å². The third-order valence-corrected chi connectivity index (χ3v) is 9.19. The first-order chi connectivity index (χ1) is 21.0. The Morgan fingerprint density at radius 2 is 1.86 bits per heavy atom. The van der Waals surface area contributed by atoms with Crippen LogP contribution in [0.2, 0.25) is 10.0 Å². The molecular formula is C29H23Cl2N7O3S2. The second kappa shape index (κ2) is 13.1. The molecule has 0 saturated carbocycles. The number of anilines is 1. The fourth-order valence-corrected chi connectivity index (χ4v) is 6.74. The molecule has 0 saturated heterocycles. The molecule has 1 aliphatic heterocycles. The number of carbonyl (C=O) groups is 1. The summed E-state index contributed by atoms with van der Waals surface area (Å²) in [5.41, 5.74) is 3.62. The van der Waals surface area contributed by atoms with Crippen LogP contribution in [0.1, 0.15) is 24.1 Å². The average Bonchev–Trinajstić information content (AvgIpc) is 3.70. The lowest BCUT2D eigenvalue weighted by atomic mass is 9.95. The maximum absolute atomic E-state index is 13.4. The van der Waals surface area contributed by atoms with Crippen molar-refractivity contribution in [3.05, 3.63) is 105 Å². The first kappa shape index (κ1) is 29.1. The summed E-state index contributed by atoms with van der Waals surface area (Å²) in [6.45, 7) is 2.26. The molecule has 1 atom stereocenters. The van der Waals surface area contributed by atoms with Gasteiger partial charge >= 0.3 is 5.97 Å². The third kappa shape index (κ3) is 6.52. The van der Waals surface area contributed by atoms with Crippen molar-refractivity contribution < 1.29 is 14.3 Å². The molecule has 0 amide bonds. The standard InChI is InChI=1S/C29H23Cl2N7O3S2/c1-2-40-27(39)24-23(16-42-29-35-33-26(43-29)18-6-4-3-5-7-18)32-28-34-36-37-38(28)25(24)17-9-12-21(13-10-17)41-15-19-8-11-20(30)14-22(19)31/h3-14,25H,2,15-16H2,1H3,(H,32,34,37). The Morgan fingerprint density at radius 3 is 2.63 bits per heavy atom. The van der Waals surface area contributed by atoms with Gasteiger partial charge in [0.25, 0.3) is 0 Å². The number of hydrogen-bond acceptors (Lipinski definition) is 11. The van der Waals surface area contributed by atoms with Gasteiger partial charge in [-0.3, -0.25) is 0 Å². The number of tetrazole rings is 1. The highest BCUT2D eigenvalue weighted by Gasteiger charge is 2.36. The summed E-state index contributed by atoms with van der Waals surface area (Å²) < 4.78 is 13.8. The number of esters is 1. The molecule has 3 heterocycles. The first-order valence-corrected chi connectivity index (χ1v) is 15.7. The molecule has 5 aromatic rings. The number of ether oxygens (including phenoxy) is 2. The van der Waals surface area contributed by atoms with Crippen molar-refractivity contribution in [1.29, 1.82) is 0 Å². The van der Waals surface area contributed by atoms with E-state index in [0.717, 1.165) is 26.0 Å². The highest BCUT2D eigenvalue weighted by atomic mass is 35.5.